The van der Waals surface area contributed by atoms with Crippen molar-refractivity contribution in [3.05, 3.63) is 41.2 Å². The monoisotopic (exact) mass is 486 g/mol. The van der Waals surface area contributed by atoms with Crippen molar-refractivity contribution in [2.45, 2.75) is 32.1 Å². The summed E-state index contributed by atoms with van der Waals surface area (Å²) in [5.41, 5.74) is 2.11. The molecule has 34 heavy (non-hydrogen) atoms. The zero-order valence-corrected chi connectivity index (χ0v) is 20.2. The lowest BCUT2D eigenvalue weighted by Crippen LogP contribution is -2.42. The number of Topliss-reactive ketones (excluding diaryl/α,β-unsaturated/α-hetero) is 1. The van der Waals surface area contributed by atoms with Gasteiger partial charge in [0.05, 0.1) is 17.8 Å². The van der Waals surface area contributed by atoms with Crippen molar-refractivity contribution in [1.82, 2.24) is 14.9 Å². The van der Waals surface area contributed by atoms with Crippen LogP contribution in [0.5, 0.6) is 0 Å². The maximum Gasteiger partial charge on any atom is 0.409 e. The number of carbonyl (C=O) groups is 2. The number of anilines is 1. The number of methoxy groups -OCH3 is 1. The fourth-order valence-corrected chi connectivity index (χ4v) is 4.72. The normalized spacial score (nSPS) is 19.0. The van der Waals surface area contributed by atoms with Crippen LogP contribution in [-0.2, 0) is 20.7 Å². The molecular formula is C25H31ClN4O4. The molecule has 2 fully saturated rings. The predicted molar refractivity (Wildman–Crippen MR) is 130 cm³/mol. The number of aromatic nitrogens is 2. The molecule has 0 aromatic carbocycles. The van der Waals surface area contributed by atoms with Gasteiger partial charge in [0.1, 0.15) is 11.6 Å². The number of likely N-dealkylation sites (tertiary alicyclic amines) is 1. The molecular weight excluding hydrogens is 456 g/mol. The summed E-state index contributed by atoms with van der Waals surface area (Å²) in [4.78, 5) is 35.5. The van der Waals surface area contributed by atoms with Gasteiger partial charge in [-0.05, 0) is 49.8 Å². The van der Waals surface area contributed by atoms with E-state index in [1.165, 1.54) is 7.11 Å². The maximum atomic E-state index is 13.0. The Hall–Kier alpha value is -2.71. The number of halogens is 1. The van der Waals surface area contributed by atoms with E-state index in [1.807, 2.05) is 24.3 Å². The van der Waals surface area contributed by atoms with E-state index in [9.17, 15) is 9.59 Å². The van der Waals surface area contributed by atoms with E-state index >= 15 is 0 Å². The third-order valence-corrected chi connectivity index (χ3v) is 6.82. The number of rotatable bonds is 7. The Bertz CT molecular complexity index is 1010. The molecule has 4 heterocycles. The van der Waals surface area contributed by atoms with Gasteiger partial charge < -0.3 is 19.7 Å². The molecule has 0 aliphatic carbocycles. The summed E-state index contributed by atoms with van der Waals surface area (Å²) < 4.78 is 10.2. The molecule has 0 saturated carbocycles. The maximum absolute atomic E-state index is 13.0. The van der Waals surface area contributed by atoms with Crippen LogP contribution in [0.3, 0.4) is 0 Å². The fraction of sp³-hybridized carbons (Fsp3) is 0.520. The van der Waals surface area contributed by atoms with Crippen LogP contribution in [0.15, 0.2) is 30.5 Å². The molecule has 0 spiro atoms. The summed E-state index contributed by atoms with van der Waals surface area (Å²) >= 11 is 6.46. The van der Waals surface area contributed by atoms with Crippen molar-refractivity contribution in [3.63, 3.8) is 0 Å². The Labute approximate surface area is 205 Å². The van der Waals surface area contributed by atoms with Gasteiger partial charge in [0.15, 0.2) is 0 Å². The van der Waals surface area contributed by atoms with Crippen molar-refractivity contribution in [2.75, 3.05) is 45.3 Å². The highest BCUT2D eigenvalue weighted by Crippen LogP contribution is 2.28. The first kappa shape index (κ1) is 24.4. The minimum Gasteiger partial charge on any atom is -0.453 e. The molecule has 0 radical (unpaired) electrons. The highest BCUT2D eigenvalue weighted by atomic mass is 35.5. The zero-order valence-electron chi connectivity index (χ0n) is 19.5. The first-order chi connectivity index (χ1) is 16.5. The number of hydrogen-bond acceptors (Lipinski definition) is 7. The van der Waals surface area contributed by atoms with E-state index in [2.05, 4.69) is 10.3 Å². The highest BCUT2D eigenvalue weighted by molar-refractivity contribution is 6.33. The largest absolute Gasteiger partial charge is 0.453 e. The van der Waals surface area contributed by atoms with E-state index in [-0.39, 0.29) is 24.2 Å². The molecule has 2 aromatic rings. The first-order valence-corrected chi connectivity index (χ1v) is 12.2. The molecule has 182 valence electrons. The second kappa shape index (κ2) is 11.6. The van der Waals surface area contributed by atoms with Gasteiger partial charge >= 0.3 is 6.09 Å². The summed E-state index contributed by atoms with van der Waals surface area (Å²) in [6.07, 6.45) is 5.02. The van der Waals surface area contributed by atoms with E-state index in [1.54, 1.807) is 11.1 Å². The number of piperidine rings is 1. The number of nitrogens with zero attached hydrogens (tertiary/aromatic N) is 3. The summed E-state index contributed by atoms with van der Waals surface area (Å²) in [6.45, 7) is 3.48. The molecule has 9 heteroatoms. The molecule has 0 unspecified atom stereocenters. The fourth-order valence-electron chi connectivity index (χ4n) is 4.52. The Kier molecular flexibility index (Phi) is 8.34. The Morgan fingerprint density at radius 1 is 1.26 bits per heavy atom. The van der Waals surface area contributed by atoms with E-state index in [4.69, 9.17) is 26.1 Å². The van der Waals surface area contributed by atoms with Crippen molar-refractivity contribution >= 4 is 29.3 Å². The topological polar surface area (TPSA) is 93.7 Å². The van der Waals surface area contributed by atoms with Crippen molar-refractivity contribution in [2.24, 2.45) is 11.8 Å². The number of hydrogen-bond donors (Lipinski definition) is 1. The van der Waals surface area contributed by atoms with Crippen LogP contribution in [0.2, 0.25) is 5.02 Å². The van der Waals surface area contributed by atoms with Crippen LogP contribution < -0.4 is 5.32 Å². The highest BCUT2D eigenvalue weighted by Gasteiger charge is 2.29. The third-order valence-electron chi connectivity index (χ3n) is 6.51. The van der Waals surface area contributed by atoms with Gasteiger partial charge in [0.25, 0.3) is 0 Å². The lowest BCUT2D eigenvalue weighted by Gasteiger charge is -2.30. The second-order valence-corrected chi connectivity index (χ2v) is 9.31. The standard InChI is InChI=1S/C25H31ClN4O4/c1-33-25(32)30-9-3-4-18(16-30)23(31)13-19-12-20(21(26)15-27-19)22-5-2-6-24(29-22)28-14-17-7-10-34-11-8-17/h2,5-6,12,15,17-18H,3-4,7-11,13-14,16H2,1H3,(H,28,29)/t18-/m0/s1. The van der Waals surface area contributed by atoms with Crippen LogP contribution in [-0.4, -0.2) is 66.7 Å². The van der Waals surface area contributed by atoms with Gasteiger partial charge in [0, 0.05) is 62.6 Å². The second-order valence-electron chi connectivity index (χ2n) is 8.90. The van der Waals surface area contributed by atoms with Crippen LogP contribution in [0, 0.1) is 11.8 Å². The number of nitrogens with one attached hydrogen (secondary N) is 1. The summed E-state index contributed by atoms with van der Waals surface area (Å²) in [6, 6.07) is 7.63. The van der Waals surface area contributed by atoms with E-state index < -0.39 is 0 Å². The summed E-state index contributed by atoms with van der Waals surface area (Å²) in [5, 5.41) is 3.92. The molecule has 2 saturated heterocycles. The molecule has 2 aromatic heterocycles. The van der Waals surface area contributed by atoms with Gasteiger partial charge in [-0.3, -0.25) is 9.78 Å². The number of ketones is 1. The summed E-state index contributed by atoms with van der Waals surface area (Å²) in [5.74, 6) is 1.22. The van der Waals surface area contributed by atoms with Gasteiger partial charge in [0.2, 0.25) is 0 Å². The van der Waals surface area contributed by atoms with E-state index in [0.717, 1.165) is 62.5 Å². The van der Waals surface area contributed by atoms with Gasteiger partial charge in [-0.1, -0.05) is 17.7 Å². The lowest BCUT2D eigenvalue weighted by molar-refractivity contribution is -0.123. The van der Waals surface area contributed by atoms with Crippen molar-refractivity contribution in [1.29, 1.82) is 0 Å². The molecule has 4 rings (SSSR count). The molecule has 1 atom stereocenters. The minimum atomic E-state index is -0.388. The minimum absolute atomic E-state index is 0.0641. The van der Waals surface area contributed by atoms with Crippen LogP contribution >= 0.6 is 11.6 Å². The molecule has 2 aliphatic rings. The number of carbonyl (C=O) groups excluding carboxylic acids is 2. The van der Waals surface area contributed by atoms with Gasteiger partial charge in [-0.25, -0.2) is 9.78 Å². The quantitative estimate of drug-likeness (QED) is 0.626. The van der Waals surface area contributed by atoms with Crippen LogP contribution in [0.25, 0.3) is 11.3 Å². The average molecular weight is 487 g/mol. The van der Waals surface area contributed by atoms with Gasteiger partial charge in [-0.2, -0.15) is 0 Å². The number of amides is 1. The molecule has 1 amide bonds. The van der Waals surface area contributed by atoms with Gasteiger partial charge in [-0.15, -0.1) is 0 Å². The summed E-state index contributed by atoms with van der Waals surface area (Å²) in [7, 11) is 1.36. The average Bonchev–Trinajstić information content (AvgIpc) is 2.89. The predicted octanol–water partition coefficient (Wildman–Crippen LogP) is 4.23. The Morgan fingerprint density at radius 3 is 2.88 bits per heavy atom. The van der Waals surface area contributed by atoms with Crippen molar-refractivity contribution < 1.29 is 19.1 Å². The lowest BCUT2D eigenvalue weighted by atomic mass is 9.91. The SMILES string of the molecule is COC(=O)N1CCC[C@H](C(=O)Cc2cc(-c3cccc(NCC4CCOCC4)n3)c(Cl)cn2)C1. The van der Waals surface area contributed by atoms with Crippen LogP contribution in [0.4, 0.5) is 10.6 Å². The Morgan fingerprint density at radius 2 is 2.09 bits per heavy atom. The molecule has 8 nitrogen and oxygen atoms in total. The molecule has 2 aliphatic heterocycles. The van der Waals surface area contributed by atoms with Crippen molar-refractivity contribution in [3.8, 4) is 11.3 Å². The zero-order chi connectivity index (χ0) is 23.9. The van der Waals surface area contributed by atoms with E-state index in [0.29, 0.717) is 29.7 Å². The first-order valence-electron chi connectivity index (χ1n) is 11.8. The third kappa shape index (κ3) is 6.24. The number of ether oxygens (including phenoxy) is 2. The number of pyridine rings is 2. The van der Waals surface area contributed by atoms with Crippen LogP contribution in [0.1, 0.15) is 31.4 Å². The Balaban J connectivity index is 1.42. The molecule has 0 bridgehead atoms. The molecule has 1 N–H and O–H groups in total. The smallest absolute Gasteiger partial charge is 0.409 e.